The van der Waals surface area contributed by atoms with Crippen LogP contribution in [-0.2, 0) is 0 Å². The average molecular weight is 229 g/mol. The van der Waals surface area contributed by atoms with Crippen molar-refractivity contribution in [1.82, 2.24) is 9.78 Å². The van der Waals surface area contributed by atoms with Crippen LogP contribution in [0.15, 0.2) is 30.5 Å². The summed E-state index contributed by atoms with van der Waals surface area (Å²) in [6.07, 6.45) is 2.72. The highest BCUT2D eigenvalue weighted by Crippen LogP contribution is 2.35. The number of fused-ring (bicyclic) bond motifs is 1. The van der Waals surface area contributed by atoms with Crippen molar-refractivity contribution in [1.29, 1.82) is 0 Å². The monoisotopic (exact) mass is 229 g/mol. The Morgan fingerprint density at radius 2 is 2.24 bits per heavy atom. The number of nitrogens with zero attached hydrogens (tertiary/aromatic N) is 2. The Morgan fingerprint density at radius 1 is 1.41 bits per heavy atom. The van der Waals surface area contributed by atoms with E-state index < -0.39 is 0 Å². The number of hydrogen-bond donors (Lipinski definition) is 1. The molecule has 0 amide bonds. The Hall–Kier alpha value is -1.97. The highest BCUT2D eigenvalue weighted by Gasteiger charge is 2.24. The summed E-state index contributed by atoms with van der Waals surface area (Å²) in [6, 6.07) is 8.27. The van der Waals surface area contributed by atoms with Crippen molar-refractivity contribution >= 4 is 5.82 Å². The topological polar surface area (TPSA) is 53.1 Å². The van der Waals surface area contributed by atoms with Crippen LogP contribution in [0.3, 0.4) is 0 Å². The van der Waals surface area contributed by atoms with E-state index in [4.69, 9.17) is 10.5 Å². The van der Waals surface area contributed by atoms with Gasteiger partial charge in [0, 0.05) is 17.5 Å². The zero-order valence-electron chi connectivity index (χ0n) is 9.76. The molecule has 1 atom stereocenters. The van der Waals surface area contributed by atoms with Gasteiger partial charge in [-0.25, -0.2) is 4.68 Å². The highest BCUT2D eigenvalue weighted by molar-refractivity contribution is 5.43. The van der Waals surface area contributed by atoms with E-state index in [-0.39, 0.29) is 6.04 Å². The summed E-state index contributed by atoms with van der Waals surface area (Å²) < 4.78 is 7.54. The van der Waals surface area contributed by atoms with Crippen LogP contribution in [0.2, 0.25) is 0 Å². The molecule has 17 heavy (non-hydrogen) atoms. The van der Waals surface area contributed by atoms with Gasteiger partial charge in [0.25, 0.3) is 0 Å². The maximum absolute atomic E-state index is 6.05. The van der Waals surface area contributed by atoms with Crippen LogP contribution in [0.1, 0.15) is 23.6 Å². The first-order chi connectivity index (χ1) is 8.27. The summed E-state index contributed by atoms with van der Waals surface area (Å²) in [7, 11) is 0. The number of nitrogens with two attached hydrogens (primary N) is 1. The van der Waals surface area contributed by atoms with Gasteiger partial charge in [0.05, 0.1) is 18.8 Å². The number of aryl methyl sites for hydroxylation is 1. The van der Waals surface area contributed by atoms with Crippen LogP contribution in [0.25, 0.3) is 0 Å². The van der Waals surface area contributed by atoms with Crippen molar-refractivity contribution in [2.24, 2.45) is 0 Å². The SMILES string of the molecule is Cc1cnn(C2CCOc3ccccc32)c1N. The molecular weight excluding hydrogens is 214 g/mol. The summed E-state index contributed by atoms with van der Waals surface area (Å²) in [5, 5.41) is 4.37. The Labute approximate surface area is 100 Å². The lowest BCUT2D eigenvalue weighted by atomic mass is 10.0. The number of benzene rings is 1. The molecule has 2 aromatic rings. The van der Waals surface area contributed by atoms with Crippen molar-refractivity contribution in [2.75, 3.05) is 12.3 Å². The number of anilines is 1. The van der Waals surface area contributed by atoms with E-state index in [2.05, 4.69) is 11.2 Å². The molecule has 3 rings (SSSR count). The standard InChI is InChI=1S/C13H15N3O/c1-9-8-15-16(13(9)14)11-6-7-17-12-5-3-2-4-10(11)12/h2-5,8,11H,6-7,14H2,1H3. The minimum Gasteiger partial charge on any atom is -0.493 e. The number of hydrogen-bond acceptors (Lipinski definition) is 3. The molecule has 0 spiro atoms. The Morgan fingerprint density at radius 3 is 3.00 bits per heavy atom. The van der Waals surface area contributed by atoms with E-state index >= 15 is 0 Å². The van der Waals surface area contributed by atoms with E-state index in [9.17, 15) is 0 Å². The first-order valence-electron chi connectivity index (χ1n) is 5.78. The van der Waals surface area contributed by atoms with Crippen LogP contribution in [0, 0.1) is 6.92 Å². The fourth-order valence-corrected chi connectivity index (χ4v) is 2.28. The molecule has 0 aliphatic carbocycles. The minimum absolute atomic E-state index is 0.189. The normalized spacial score (nSPS) is 18.5. The second-order valence-electron chi connectivity index (χ2n) is 4.35. The van der Waals surface area contributed by atoms with Crippen molar-refractivity contribution in [2.45, 2.75) is 19.4 Å². The maximum atomic E-state index is 6.05. The summed E-state index contributed by atoms with van der Waals surface area (Å²) in [4.78, 5) is 0. The Bertz CT molecular complexity index is 547. The number of para-hydroxylation sites is 1. The van der Waals surface area contributed by atoms with Crippen molar-refractivity contribution < 1.29 is 4.74 Å². The molecule has 0 fully saturated rings. The number of ether oxygens (including phenoxy) is 1. The maximum Gasteiger partial charge on any atom is 0.125 e. The summed E-state index contributed by atoms with van der Waals surface area (Å²) in [6.45, 7) is 2.68. The molecule has 1 aliphatic rings. The van der Waals surface area contributed by atoms with Crippen molar-refractivity contribution in [3.05, 3.63) is 41.6 Å². The van der Waals surface area contributed by atoms with Crippen LogP contribution >= 0.6 is 0 Å². The van der Waals surface area contributed by atoms with Gasteiger partial charge in [-0.15, -0.1) is 0 Å². The number of aromatic nitrogens is 2. The quantitative estimate of drug-likeness (QED) is 0.815. The molecule has 1 aliphatic heterocycles. The summed E-state index contributed by atoms with van der Waals surface area (Å²) in [5.41, 5.74) is 8.23. The van der Waals surface area contributed by atoms with Gasteiger partial charge < -0.3 is 10.5 Å². The molecule has 1 aromatic heterocycles. The second kappa shape index (κ2) is 3.80. The van der Waals surface area contributed by atoms with Gasteiger partial charge in [-0.05, 0) is 13.0 Å². The zero-order valence-corrected chi connectivity index (χ0v) is 9.76. The van der Waals surface area contributed by atoms with Crippen LogP contribution in [-0.4, -0.2) is 16.4 Å². The molecule has 0 radical (unpaired) electrons. The third kappa shape index (κ3) is 1.56. The van der Waals surface area contributed by atoms with Gasteiger partial charge in [-0.1, -0.05) is 18.2 Å². The van der Waals surface area contributed by atoms with Gasteiger partial charge in [0.1, 0.15) is 11.6 Å². The molecule has 88 valence electrons. The van der Waals surface area contributed by atoms with Gasteiger partial charge in [0.2, 0.25) is 0 Å². The smallest absolute Gasteiger partial charge is 0.125 e. The lowest BCUT2D eigenvalue weighted by Crippen LogP contribution is -2.22. The molecular formula is C13H15N3O. The van der Waals surface area contributed by atoms with Crippen LogP contribution in [0.4, 0.5) is 5.82 Å². The van der Waals surface area contributed by atoms with Crippen LogP contribution in [0.5, 0.6) is 5.75 Å². The number of rotatable bonds is 1. The largest absolute Gasteiger partial charge is 0.493 e. The van der Waals surface area contributed by atoms with Gasteiger partial charge in [-0.2, -0.15) is 5.10 Å². The molecule has 0 saturated carbocycles. The van der Waals surface area contributed by atoms with E-state index in [0.29, 0.717) is 6.61 Å². The molecule has 4 heteroatoms. The molecule has 0 saturated heterocycles. The van der Waals surface area contributed by atoms with Crippen molar-refractivity contribution in [3.8, 4) is 5.75 Å². The van der Waals surface area contributed by atoms with Crippen LogP contribution < -0.4 is 10.5 Å². The predicted molar refractivity (Wildman–Crippen MR) is 66.1 cm³/mol. The fourth-order valence-electron chi connectivity index (χ4n) is 2.28. The minimum atomic E-state index is 0.189. The van der Waals surface area contributed by atoms with E-state index in [1.807, 2.05) is 36.0 Å². The molecule has 1 unspecified atom stereocenters. The second-order valence-corrected chi connectivity index (χ2v) is 4.35. The lowest BCUT2D eigenvalue weighted by Gasteiger charge is -2.26. The van der Waals surface area contributed by atoms with E-state index in [1.54, 1.807) is 0 Å². The molecule has 2 heterocycles. The van der Waals surface area contributed by atoms with E-state index in [1.165, 1.54) is 0 Å². The van der Waals surface area contributed by atoms with Crippen molar-refractivity contribution in [3.63, 3.8) is 0 Å². The lowest BCUT2D eigenvalue weighted by molar-refractivity contribution is 0.251. The summed E-state index contributed by atoms with van der Waals surface area (Å²) >= 11 is 0. The predicted octanol–water partition coefficient (Wildman–Crippen LogP) is 2.15. The first kappa shape index (κ1) is 10.2. The molecule has 4 nitrogen and oxygen atoms in total. The Balaban J connectivity index is 2.09. The number of nitrogen functional groups attached to an aromatic ring is 1. The molecule has 1 aromatic carbocycles. The molecule has 2 N–H and O–H groups in total. The third-order valence-corrected chi connectivity index (χ3v) is 3.25. The van der Waals surface area contributed by atoms with Gasteiger partial charge in [-0.3, -0.25) is 0 Å². The van der Waals surface area contributed by atoms with Gasteiger partial charge in [0.15, 0.2) is 0 Å². The summed E-state index contributed by atoms with van der Waals surface area (Å²) in [5.74, 6) is 1.68. The molecule has 0 bridgehead atoms. The van der Waals surface area contributed by atoms with Gasteiger partial charge >= 0.3 is 0 Å². The van der Waals surface area contributed by atoms with E-state index in [0.717, 1.165) is 29.1 Å². The third-order valence-electron chi connectivity index (χ3n) is 3.25. The fraction of sp³-hybridized carbons (Fsp3) is 0.308. The highest BCUT2D eigenvalue weighted by atomic mass is 16.5. The first-order valence-corrected chi connectivity index (χ1v) is 5.78. The Kier molecular flexibility index (Phi) is 2.28. The average Bonchev–Trinajstić information content (AvgIpc) is 2.69. The zero-order chi connectivity index (χ0) is 11.8.